The number of hydrogen-bond donors (Lipinski definition) is 1. The number of amides is 1. The Morgan fingerprint density at radius 3 is 2.53 bits per heavy atom. The number of hydrogen-bond acceptors (Lipinski definition) is 3. The quantitative estimate of drug-likeness (QED) is 0.914. The molecule has 0 bridgehead atoms. The number of pyridine rings is 1. The van der Waals surface area contributed by atoms with Crippen LogP contribution in [0.2, 0.25) is 0 Å². The van der Waals surface area contributed by atoms with Gasteiger partial charge in [-0.25, -0.2) is 0 Å². The number of rotatable bonds is 4. The van der Waals surface area contributed by atoms with E-state index in [0.29, 0.717) is 12.2 Å². The molecular weight excluding hydrogens is 240 g/mol. The number of carbonyl (C=O) groups excluding carboxylic acids is 1. The second-order valence-corrected chi connectivity index (χ2v) is 4.10. The molecule has 98 valence electrons. The second kappa shape index (κ2) is 6.00. The molecule has 1 heterocycles. The Kier molecular flexibility index (Phi) is 4.13. The van der Waals surface area contributed by atoms with E-state index in [2.05, 4.69) is 10.3 Å². The van der Waals surface area contributed by atoms with Crippen LogP contribution in [-0.4, -0.2) is 17.5 Å². The first-order chi connectivity index (χ1) is 9.19. The predicted molar refractivity (Wildman–Crippen MR) is 74.5 cm³/mol. The molecule has 0 aliphatic carbocycles. The van der Waals surface area contributed by atoms with E-state index >= 15 is 0 Å². The molecule has 1 amide bonds. The molecule has 4 heteroatoms. The van der Waals surface area contributed by atoms with Crippen molar-refractivity contribution in [2.75, 3.05) is 11.9 Å². The number of anilines is 1. The summed E-state index contributed by atoms with van der Waals surface area (Å²) in [5, 5.41) is 2.81. The highest BCUT2D eigenvalue weighted by Gasteiger charge is 2.06. The average molecular weight is 256 g/mol. The fourth-order valence-corrected chi connectivity index (χ4v) is 1.61. The highest BCUT2D eigenvalue weighted by molar-refractivity contribution is 6.04. The van der Waals surface area contributed by atoms with E-state index in [1.54, 1.807) is 12.3 Å². The Morgan fingerprint density at radius 2 is 1.95 bits per heavy atom. The van der Waals surface area contributed by atoms with Gasteiger partial charge in [0.15, 0.2) is 0 Å². The number of benzene rings is 1. The molecule has 0 atom stereocenters. The van der Waals surface area contributed by atoms with Crippen LogP contribution < -0.4 is 10.1 Å². The summed E-state index contributed by atoms with van der Waals surface area (Å²) in [6.07, 6.45) is 1.57. The topological polar surface area (TPSA) is 51.2 Å². The first-order valence-corrected chi connectivity index (χ1v) is 6.16. The Balaban J connectivity index is 2.04. The van der Waals surface area contributed by atoms with Gasteiger partial charge in [-0.1, -0.05) is 0 Å². The number of ether oxygens (including phenoxy) is 1. The van der Waals surface area contributed by atoms with Gasteiger partial charge >= 0.3 is 0 Å². The number of nitrogens with zero attached hydrogens (tertiary/aromatic N) is 1. The van der Waals surface area contributed by atoms with E-state index in [9.17, 15) is 4.79 Å². The third-order valence-corrected chi connectivity index (χ3v) is 2.60. The van der Waals surface area contributed by atoms with Gasteiger partial charge < -0.3 is 10.1 Å². The Hall–Kier alpha value is -2.36. The van der Waals surface area contributed by atoms with E-state index in [4.69, 9.17) is 4.74 Å². The normalized spacial score (nSPS) is 10.0. The van der Waals surface area contributed by atoms with Crippen molar-refractivity contribution >= 4 is 11.6 Å². The number of carbonyl (C=O) groups is 1. The fraction of sp³-hybridized carbons (Fsp3) is 0.200. The summed E-state index contributed by atoms with van der Waals surface area (Å²) in [5.41, 5.74) is 2.16. The van der Waals surface area contributed by atoms with Crippen molar-refractivity contribution in [2.45, 2.75) is 13.8 Å². The average Bonchev–Trinajstić information content (AvgIpc) is 2.42. The molecule has 0 unspecified atom stereocenters. The summed E-state index contributed by atoms with van der Waals surface area (Å²) in [7, 11) is 0. The van der Waals surface area contributed by atoms with Crippen LogP contribution in [0.5, 0.6) is 5.75 Å². The van der Waals surface area contributed by atoms with Gasteiger partial charge in [-0.2, -0.15) is 0 Å². The van der Waals surface area contributed by atoms with Crippen LogP contribution in [0, 0.1) is 6.92 Å². The maximum atomic E-state index is 12.0. The van der Waals surface area contributed by atoms with E-state index in [0.717, 1.165) is 17.1 Å². The van der Waals surface area contributed by atoms with Gasteiger partial charge in [0.25, 0.3) is 5.91 Å². The summed E-state index contributed by atoms with van der Waals surface area (Å²) >= 11 is 0. The lowest BCUT2D eigenvalue weighted by atomic mass is 10.2. The summed E-state index contributed by atoms with van der Waals surface area (Å²) < 4.78 is 5.34. The van der Waals surface area contributed by atoms with Crippen LogP contribution in [0.4, 0.5) is 5.69 Å². The van der Waals surface area contributed by atoms with Gasteiger partial charge in [0.2, 0.25) is 0 Å². The summed E-state index contributed by atoms with van der Waals surface area (Å²) in [5.74, 6) is 0.620. The van der Waals surface area contributed by atoms with Crippen molar-refractivity contribution in [1.29, 1.82) is 0 Å². The van der Waals surface area contributed by atoms with Crippen LogP contribution >= 0.6 is 0 Å². The highest BCUT2D eigenvalue weighted by atomic mass is 16.5. The maximum absolute atomic E-state index is 12.0. The monoisotopic (exact) mass is 256 g/mol. The second-order valence-electron chi connectivity index (χ2n) is 4.10. The zero-order valence-electron chi connectivity index (χ0n) is 11.0. The van der Waals surface area contributed by atoms with Crippen molar-refractivity contribution in [3.63, 3.8) is 0 Å². The standard InChI is InChI=1S/C15H16N2O2/c1-3-19-14-8-6-13(7-9-14)17-15(18)12-5-4-11(2)16-10-12/h4-10H,3H2,1-2H3,(H,17,18). The van der Waals surface area contributed by atoms with Crippen molar-refractivity contribution in [1.82, 2.24) is 4.98 Å². The summed E-state index contributed by atoms with van der Waals surface area (Å²) in [6, 6.07) is 10.8. The third kappa shape index (κ3) is 3.55. The molecule has 1 aromatic heterocycles. The van der Waals surface area contributed by atoms with Gasteiger partial charge in [-0.3, -0.25) is 9.78 Å². The molecule has 19 heavy (non-hydrogen) atoms. The van der Waals surface area contributed by atoms with Crippen molar-refractivity contribution in [3.05, 3.63) is 53.9 Å². The van der Waals surface area contributed by atoms with Crippen LogP contribution in [0.3, 0.4) is 0 Å². The highest BCUT2D eigenvalue weighted by Crippen LogP contribution is 2.16. The summed E-state index contributed by atoms with van der Waals surface area (Å²) in [6.45, 7) is 4.44. The lowest BCUT2D eigenvalue weighted by Crippen LogP contribution is -2.12. The minimum absolute atomic E-state index is 0.170. The lowest BCUT2D eigenvalue weighted by Gasteiger charge is -2.07. The van der Waals surface area contributed by atoms with Gasteiger partial charge in [-0.15, -0.1) is 0 Å². The first kappa shape index (κ1) is 13.1. The Labute approximate surface area is 112 Å². The molecule has 0 aliphatic rings. The molecular formula is C15H16N2O2. The summed E-state index contributed by atoms with van der Waals surface area (Å²) in [4.78, 5) is 16.1. The molecule has 0 aliphatic heterocycles. The van der Waals surface area contributed by atoms with Crippen LogP contribution in [0.25, 0.3) is 0 Å². The molecule has 0 saturated heterocycles. The van der Waals surface area contributed by atoms with E-state index in [-0.39, 0.29) is 5.91 Å². The largest absolute Gasteiger partial charge is 0.494 e. The molecule has 2 aromatic rings. The Bertz CT molecular complexity index is 547. The predicted octanol–water partition coefficient (Wildman–Crippen LogP) is 3.04. The smallest absolute Gasteiger partial charge is 0.257 e. The van der Waals surface area contributed by atoms with Crippen LogP contribution in [-0.2, 0) is 0 Å². The van der Waals surface area contributed by atoms with Crippen molar-refractivity contribution in [2.24, 2.45) is 0 Å². The van der Waals surface area contributed by atoms with Crippen LogP contribution in [0.15, 0.2) is 42.6 Å². The van der Waals surface area contributed by atoms with Crippen LogP contribution in [0.1, 0.15) is 23.0 Å². The molecule has 0 fully saturated rings. The lowest BCUT2D eigenvalue weighted by molar-refractivity contribution is 0.102. The minimum Gasteiger partial charge on any atom is -0.494 e. The zero-order valence-corrected chi connectivity index (χ0v) is 11.0. The van der Waals surface area contributed by atoms with E-state index in [1.165, 1.54) is 0 Å². The van der Waals surface area contributed by atoms with E-state index < -0.39 is 0 Å². The molecule has 0 spiro atoms. The van der Waals surface area contributed by atoms with E-state index in [1.807, 2.05) is 44.2 Å². The number of nitrogens with one attached hydrogen (secondary N) is 1. The maximum Gasteiger partial charge on any atom is 0.257 e. The molecule has 4 nitrogen and oxygen atoms in total. The molecule has 1 N–H and O–H groups in total. The minimum atomic E-state index is -0.170. The van der Waals surface area contributed by atoms with Crippen molar-refractivity contribution < 1.29 is 9.53 Å². The zero-order chi connectivity index (χ0) is 13.7. The van der Waals surface area contributed by atoms with Gasteiger partial charge in [0, 0.05) is 17.6 Å². The Morgan fingerprint density at radius 1 is 1.21 bits per heavy atom. The van der Waals surface area contributed by atoms with Gasteiger partial charge in [-0.05, 0) is 50.2 Å². The fourth-order valence-electron chi connectivity index (χ4n) is 1.61. The molecule has 1 aromatic carbocycles. The van der Waals surface area contributed by atoms with Gasteiger partial charge in [0.1, 0.15) is 5.75 Å². The SMILES string of the molecule is CCOc1ccc(NC(=O)c2ccc(C)nc2)cc1. The molecule has 0 radical (unpaired) electrons. The number of aryl methyl sites for hydroxylation is 1. The third-order valence-electron chi connectivity index (χ3n) is 2.60. The van der Waals surface area contributed by atoms with Gasteiger partial charge in [0.05, 0.1) is 12.2 Å². The first-order valence-electron chi connectivity index (χ1n) is 6.16. The number of aromatic nitrogens is 1. The molecule has 0 saturated carbocycles. The van der Waals surface area contributed by atoms with Crippen molar-refractivity contribution in [3.8, 4) is 5.75 Å². The molecule has 2 rings (SSSR count).